The maximum absolute atomic E-state index is 12.4. The first-order chi connectivity index (χ1) is 7.43. The fourth-order valence-electron chi connectivity index (χ4n) is 1.16. The van der Waals surface area contributed by atoms with E-state index in [1.165, 1.54) is 0 Å². The molecule has 0 fully saturated rings. The van der Waals surface area contributed by atoms with E-state index in [-0.39, 0.29) is 31.1 Å². The molecule has 86 valence electrons. The predicted molar refractivity (Wildman–Crippen MR) is 54.7 cm³/mol. The van der Waals surface area contributed by atoms with E-state index < -0.39 is 12.2 Å². The van der Waals surface area contributed by atoms with Crippen molar-refractivity contribution < 1.29 is 14.0 Å². The average molecular weight is 288 g/mol. The fraction of sp³-hybridized carbons (Fsp3) is 0.143. The van der Waals surface area contributed by atoms with Crippen molar-refractivity contribution in [2.24, 2.45) is 0 Å². The Bertz CT molecular complexity index is 572. The number of hydrogen-bond acceptors (Lipinski definition) is 3. The van der Waals surface area contributed by atoms with Crippen molar-refractivity contribution in [3.8, 4) is 0 Å². The van der Waals surface area contributed by atoms with Crippen LogP contribution in [0.5, 0.6) is 0 Å². The summed E-state index contributed by atoms with van der Waals surface area (Å²) in [5.41, 5.74) is -0.399. The fourth-order valence-corrected chi connectivity index (χ4v) is 1.77. The van der Waals surface area contributed by atoms with Crippen LogP contribution in [-0.2, 0) is 0 Å². The number of fused-ring (bicyclic) bond motifs is 1. The number of nitrogens with zero attached hydrogens (tertiary/aromatic N) is 3. The lowest BCUT2D eigenvalue weighted by Crippen LogP contribution is -1.99. The van der Waals surface area contributed by atoms with E-state index >= 15 is 0 Å². The minimum absolute atomic E-state index is 0.133. The van der Waals surface area contributed by atoms with Crippen LogP contribution in [0.1, 0.15) is 12.2 Å². The van der Waals surface area contributed by atoms with Crippen molar-refractivity contribution in [2.75, 3.05) is 0 Å². The molecule has 4 nitrogen and oxygen atoms in total. The SMILES string of the molecule is On1c(C(F)F)nc2nc(Cl)c(Cl)c(Cl)c21. The second kappa shape index (κ2) is 3.87. The van der Waals surface area contributed by atoms with E-state index in [9.17, 15) is 14.0 Å². The molecule has 0 unspecified atom stereocenters. The highest BCUT2D eigenvalue weighted by atomic mass is 35.5. The summed E-state index contributed by atoms with van der Waals surface area (Å²) in [7, 11) is 0. The van der Waals surface area contributed by atoms with E-state index in [4.69, 9.17) is 34.8 Å². The molecule has 0 aliphatic rings. The van der Waals surface area contributed by atoms with Crippen molar-refractivity contribution in [3.05, 3.63) is 21.0 Å². The van der Waals surface area contributed by atoms with Gasteiger partial charge in [0.15, 0.2) is 10.8 Å². The molecule has 0 spiro atoms. The molecule has 2 aromatic heterocycles. The molecular formula is C7H2Cl3F2N3O. The van der Waals surface area contributed by atoms with Gasteiger partial charge in [-0.25, -0.2) is 18.7 Å². The molecule has 0 amide bonds. The van der Waals surface area contributed by atoms with Crippen LogP contribution in [0.4, 0.5) is 8.78 Å². The normalized spacial score (nSPS) is 11.6. The molecule has 0 radical (unpaired) electrons. The summed E-state index contributed by atoms with van der Waals surface area (Å²) in [6.07, 6.45) is -2.96. The molecule has 0 aliphatic heterocycles. The Morgan fingerprint density at radius 2 is 1.75 bits per heavy atom. The highest BCUT2D eigenvalue weighted by molar-refractivity contribution is 6.49. The summed E-state index contributed by atoms with van der Waals surface area (Å²) in [6.45, 7) is 0. The van der Waals surface area contributed by atoms with E-state index in [0.717, 1.165) is 0 Å². The number of alkyl halides is 2. The second-order valence-corrected chi connectivity index (χ2v) is 3.90. The number of aromatic nitrogens is 3. The monoisotopic (exact) mass is 287 g/mol. The van der Waals surface area contributed by atoms with E-state index in [1.54, 1.807) is 0 Å². The molecule has 2 heterocycles. The Morgan fingerprint density at radius 1 is 1.12 bits per heavy atom. The van der Waals surface area contributed by atoms with Crippen molar-refractivity contribution in [3.63, 3.8) is 0 Å². The van der Waals surface area contributed by atoms with Crippen LogP contribution >= 0.6 is 34.8 Å². The first-order valence-corrected chi connectivity index (χ1v) is 4.97. The molecule has 0 aliphatic carbocycles. The largest absolute Gasteiger partial charge is 0.426 e. The first kappa shape index (κ1) is 11.6. The van der Waals surface area contributed by atoms with Gasteiger partial charge in [0, 0.05) is 0 Å². The second-order valence-electron chi connectivity index (χ2n) is 2.79. The lowest BCUT2D eigenvalue weighted by Gasteiger charge is -2.01. The molecule has 0 saturated carbocycles. The Hall–Kier alpha value is -0.850. The van der Waals surface area contributed by atoms with Gasteiger partial charge in [-0.3, -0.25) is 0 Å². The molecule has 16 heavy (non-hydrogen) atoms. The summed E-state index contributed by atoms with van der Waals surface area (Å²) >= 11 is 17.0. The van der Waals surface area contributed by atoms with Gasteiger partial charge in [-0.15, -0.1) is 0 Å². The van der Waals surface area contributed by atoms with E-state index in [2.05, 4.69) is 9.97 Å². The minimum atomic E-state index is -2.96. The van der Waals surface area contributed by atoms with Crippen molar-refractivity contribution >= 4 is 46.0 Å². The quantitative estimate of drug-likeness (QED) is 0.645. The molecule has 2 rings (SSSR count). The predicted octanol–water partition coefficient (Wildman–Crippen LogP) is 3.57. The van der Waals surface area contributed by atoms with Crippen LogP contribution in [0.15, 0.2) is 0 Å². The third kappa shape index (κ3) is 1.57. The van der Waals surface area contributed by atoms with Gasteiger partial charge in [-0.05, 0) is 0 Å². The summed E-state index contributed by atoms with van der Waals surface area (Å²) < 4.78 is 25.0. The van der Waals surface area contributed by atoms with Gasteiger partial charge >= 0.3 is 0 Å². The maximum Gasteiger partial charge on any atom is 0.298 e. The third-order valence-corrected chi connectivity index (χ3v) is 3.04. The lowest BCUT2D eigenvalue weighted by molar-refractivity contribution is 0.0948. The van der Waals surface area contributed by atoms with Crippen molar-refractivity contribution in [1.82, 2.24) is 14.7 Å². The van der Waals surface area contributed by atoms with E-state index in [0.29, 0.717) is 0 Å². The zero-order chi connectivity index (χ0) is 12.0. The summed E-state index contributed by atoms with van der Waals surface area (Å²) in [5.74, 6) is -0.872. The van der Waals surface area contributed by atoms with Crippen LogP contribution < -0.4 is 0 Å². The maximum atomic E-state index is 12.4. The average Bonchev–Trinajstić information content (AvgIpc) is 2.52. The number of rotatable bonds is 1. The minimum Gasteiger partial charge on any atom is -0.426 e. The van der Waals surface area contributed by atoms with Gasteiger partial charge in [0.2, 0.25) is 5.82 Å². The van der Waals surface area contributed by atoms with Crippen molar-refractivity contribution in [1.29, 1.82) is 0 Å². The van der Waals surface area contributed by atoms with Gasteiger partial charge in [-0.2, -0.15) is 4.73 Å². The summed E-state index contributed by atoms with van der Waals surface area (Å²) in [4.78, 5) is 7.02. The molecule has 0 atom stereocenters. The van der Waals surface area contributed by atoms with Crippen LogP contribution in [0.2, 0.25) is 15.2 Å². The molecular weight excluding hydrogens is 286 g/mol. The van der Waals surface area contributed by atoms with Gasteiger partial charge in [0.1, 0.15) is 5.52 Å². The van der Waals surface area contributed by atoms with Crippen LogP contribution in [-0.4, -0.2) is 19.9 Å². The molecule has 0 aromatic carbocycles. The zero-order valence-corrected chi connectivity index (χ0v) is 9.52. The van der Waals surface area contributed by atoms with Crippen LogP contribution in [0.3, 0.4) is 0 Å². The third-order valence-electron chi connectivity index (χ3n) is 1.84. The van der Waals surface area contributed by atoms with Gasteiger partial charge in [-0.1, -0.05) is 34.8 Å². The highest BCUT2D eigenvalue weighted by Gasteiger charge is 2.23. The van der Waals surface area contributed by atoms with E-state index in [1.807, 2.05) is 0 Å². The summed E-state index contributed by atoms with van der Waals surface area (Å²) in [5, 5.41) is 8.92. The van der Waals surface area contributed by atoms with Crippen LogP contribution in [0, 0.1) is 0 Å². The smallest absolute Gasteiger partial charge is 0.298 e. The number of hydrogen-bond donors (Lipinski definition) is 1. The molecule has 9 heteroatoms. The standard InChI is InChI=1S/C7H2Cl3F2N3O/c8-1-2(9)4(10)13-6-3(1)15(16)7(14-6)5(11)12/h5,16H. The number of imidazole rings is 1. The zero-order valence-electron chi connectivity index (χ0n) is 7.26. The Labute approximate surface area is 102 Å². The Kier molecular flexibility index (Phi) is 2.81. The Morgan fingerprint density at radius 3 is 2.31 bits per heavy atom. The molecule has 2 aromatic rings. The van der Waals surface area contributed by atoms with Gasteiger partial charge < -0.3 is 5.21 Å². The number of halogens is 5. The molecule has 0 saturated heterocycles. The Balaban J connectivity index is 2.88. The van der Waals surface area contributed by atoms with Crippen LogP contribution in [0.25, 0.3) is 11.2 Å². The lowest BCUT2D eigenvalue weighted by atomic mass is 10.4. The van der Waals surface area contributed by atoms with Gasteiger partial charge in [0.05, 0.1) is 10.0 Å². The topological polar surface area (TPSA) is 50.9 Å². The summed E-state index contributed by atoms with van der Waals surface area (Å²) in [6, 6.07) is 0. The highest BCUT2D eigenvalue weighted by Crippen LogP contribution is 2.35. The van der Waals surface area contributed by atoms with Gasteiger partial charge in [0.25, 0.3) is 6.43 Å². The number of pyridine rings is 1. The van der Waals surface area contributed by atoms with Crippen molar-refractivity contribution in [2.45, 2.75) is 6.43 Å². The molecule has 1 N–H and O–H groups in total. The first-order valence-electron chi connectivity index (χ1n) is 3.83. The molecule has 0 bridgehead atoms.